The van der Waals surface area contributed by atoms with Crippen LogP contribution < -0.4 is 11.1 Å². The third-order valence-electron chi connectivity index (χ3n) is 3.57. The second-order valence-corrected chi connectivity index (χ2v) is 5.63. The molecule has 2 aromatic carbocycles. The molecule has 122 valence electrons. The molecular weight excluding hydrogens is 304 g/mol. The Hall–Kier alpha value is -3.22. The lowest BCUT2D eigenvalue weighted by Crippen LogP contribution is -2.21. The first kappa shape index (κ1) is 15.7. The van der Waals surface area contributed by atoms with Crippen molar-refractivity contribution >= 4 is 17.3 Å². The van der Waals surface area contributed by atoms with Crippen molar-refractivity contribution in [2.24, 2.45) is 0 Å². The van der Waals surface area contributed by atoms with Crippen LogP contribution in [0.15, 0.2) is 42.5 Å². The van der Waals surface area contributed by atoms with Gasteiger partial charge in [-0.05, 0) is 60.5 Å². The van der Waals surface area contributed by atoms with Crippen molar-refractivity contribution in [3.05, 3.63) is 53.6 Å². The van der Waals surface area contributed by atoms with Crippen LogP contribution in [0.25, 0.3) is 11.4 Å². The molecule has 7 heteroatoms. The monoisotopic (exact) mass is 322 g/mol. The predicted molar refractivity (Wildman–Crippen MR) is 92.2 cm³/mol. The number of carbonyl (C=O) groups excluding carboxylic acids is 1. The van der Waals surface area contributed by atoms with E-state index in [9.17, 15) is 4.79 Å². The summed E-state index contributed by atoms with van der Waals surface area (Å²) in [5, 5.41) is 15.0. The van der Waals surface area contributed by atoms with E-state index in [0.717, 1.165) is 22.4 Å². The van der Waals surface area contributed by atoms with Crippen molar-refractivity contribution in [3.63, 3.8) is 0 Å². The number of nitrogens with one attached hydrogen (secondary N) is 1. The number of aryl methyl sites for hydroxylation is 2. The lowest BCUT2D eigenvalue weighted by molar-refractivity contribution is -0.117. The minimum Gasteiger partial charge on any atom is -0.399 e. The molecule has 0 aliphatic rings. The number of rotatable bonds is 4. The Balaban J connectivity index is 1.69. The molecule has 0 aliphatic carbocycles. The second kappa shape index (κ2) is 6.49. The molecule has 3 N–H and O–H groups in total. The Morgan fingerprint density at radius 3 is 2.67 bits per heavy atom. The van der Waals surface area contributed by atoms with Crippen molar-refractivity contribution in [3.8, 4) is 11.4 Å². The number of hydrogen-bond acceptors (Lipinski definition) is 5. The zero-order valence-electron chi connectivity index (χ0n) is 13.5. The van der Waals surface area contributed by atoms with E-state index >= 15 is 0 Å². The Morgan fingerprint density at radius 2 is 1.92 bits per heavy atom. The molecule has 0 saturated carbocycles. The maximum Gasteiger partial charge on any atom is 0.248 e. The molecule has 0 saturated heterocycles. The van der Waals surface area contributed by atoms with Gasteiger partial charge in [-0.3, -0.25) is 4.79 Å². The highest BCUT2D eigenvalue weighted by Crippen LogP contribution is 2.17. The van der Waals surface area contributed by atoms with Gasteiger partial charge in [0.25, 0.3) is 0 Å². The fourth-order valence-electron chi connectivity index (χ4n) is 2.25. The summed E-state index contributed by atoms with van der Waals surface area (Å²) in [5.41, 5.74) is 10.00. The number of aromatic nitrogens is 4. The highest BCUT2D eigenvalue weighted by atomic mass is 16.2. The van der Waals surface area contributed by atoms with Crippen LogP contribution in [0.2, 0.25) is 0 Å². The number of amides is 1. The van der Waals surface area contributed by atoms with Gasteiger partial charge < -0.3 is 11.1 Å². The summed E-state index contributed by atoms with van der Waals surface area (Å²) in [6.07, 6.45) is 0. The molecule has 0 radical (unpaired) electrons. The first-order valence-corrected chi connectivity index (χ1v) is 7.52. The number of nitrogens with two attached hydrogens (primary N) is 1. The van der Waals surface area contributed by atoms with E-state index < -0.39 is 0 Å². The van der Waals surface area contributed by atoms with E-state index in [0.29, 0.717) is 11.5 Å². The molecular formula is C17H18N6O. The van der Waals surface area contributed by atoms with Crippen LogP contribution in [0.1, 0.15) is 11.1 Å². The van der Waals surface area contributed by atoms with Crippen LogP contribution >= 0.6 is 0 Å². The number of tetrazole rings is 1. The normalized spacial score (nSPS) is 10.6. The van der Waals surface area contributed by atoms with E-state index in [1.807, 2.05) is 44.2 Å². The topological polar surface area (TPSA) is 98.7 Å². The Labute approximate surface area is 139 Å². The Morgan fingerprint density at radius 1 is 1.17 bits per heavy atom. The highest BCUT2D eigenvalue weighted by molar-refractivity contribution is 5.91. The van der Waals surface area contributed by atoms with Gasteiger partial charge in [0, 0.05) is 16.9 Å². The minimum atomic E-state index is -0.204. The third-order valence-corrected chi connectivity index (χ3v) is 3.57. The maximum absolute atomic E-state index is 12.2. The number of carbonyl (C=O) groups is 1. The van der Waals surface area contributed by atoms with E-state index in [2.05, 4.69) is 20.7 Å². The number of nitrogen functional groups attached to an aromatic ring is 1. The van der Waals surface area contributed by atoms with Crippen molar-refractivity contribution in [2.75, 3.05) is 11.1 Å². The van der Waals surface area contributed by atoms with Crippen molar-refractivity contribution in [2.45, 2.75) is 20.4 Å². The van der Waals surface area contributed by atoms with Crippen LogP contribution in [0.4, 0.5) is 11.4 Å². The zero-order chi connectivity index (χ0) is 17.1. The summed E-state index contributed by atoms with van der Waals surface area (Å²) >= 11 is 0. The van der Waals surface area contributed by atoms with Crippen molar-refractivity contribution < 1.29 is 4.79 Å². The zero-order valence-corrected chi connectivity index (χ0v) is 13.5. The fourth-order valence-corrected chi connectivity index (χ4v) is 2.25. The van der Waals surface area contributed by atoms with Crippen LogP contribution in [0.3, 0.4) is 0 Å². The summed E-state index contributed by atoms with van der Waals surface area (Å²) < 4.78 is 0. The number of nitrogens with zero attached hydrogens (tertiary/aromatic N) is 4. The summed E-state index contributed by atoms with van der Waals surface area (Å²) in [6, 6.07) is 13.1. The van der Waals surface area contributed by atoms with E-state index in [4.69, 9.17) is 5.73 Å². The number of hydrogen-bond donors (Lipinski definition) is 2. The van der Waals surface area contributed by atoms with Crippen molar-refractivity contribution in [1.29, 1.82) is 0 Å². The van der Waals surface area contributed by atoms with Crippen LogP contribution in [0.5, 0.6) is 0 Å². The summed E-state index contributed by atoms with van der Waals surface area (Å²) in [7, 11) is 0. The molecule has 7 nitrogen and oxygen atoms in total. The van der Waals surface area contributed by atoms with E-state index in [-0.39, 0.29) is 12.5 Å². The SMILES string of the molecule is Cc1ccc(C)c(NC(=O)Cn2nnc(-c3ccc(N)cc3)n2)c1. The average molecular weight is 322 g/mol. The van der Waals surface area contributed by atoms with Gasteiger partial charge in [0.2, 0.25) is 11.7 Å². The van der Waals surface area contributed by atoms with Gasteiger partial charge in [-0.25, -0.2) is 0 Å². The predicted octanol–water partition coefficient (Wildman–Crippen LogP) is 2.18. The summed E-state index contributed by atoms with van der Waals surface area (Å²) in [4.78, 5) is 13.4. The van der Waals surface area contributed by atoms with Crippen LogP contribution in [-0.4, -0.2) is 26.1 Å². The fraction of sp³-hybridized carbons (Fsp3) is 0.176. The number of benzene rings is 2. The second-order valence-electron chi connectivity index (χ2n) is 5.63. The van der Waals surface area contributed by atoms with Crippen molar-refractivity contribution in [1.82, 2.24) is 20.2 Å². The van der Waals surface area contributed by atoms with Gasteiger partial charge in [0.15, 0.2) is 0 Å². The largest absolute Gasteiger partial charge is 0.399 e. The molecule has 0 atom stereocenters. The summed E-state index contributed by atoms with van der Waals surface area (Å²) in [5.74, 6) is 0.250. The molecule has 0 unspecified atom stereocenters. The molecule has 0 fully saturated rings. The molecule has 0 bridgehead atoms. The first-order valence-electron chi connectivity index (χ1n) is 7.52. The van der Waals surface area contributed by atoms with Gasteiger partial charge in [-0.1, -0.05) is 12.1 Å². The quantitative estimate of drug-likeness (QED) is 0.717. The standard InChI is InChI=1S/C17H18N6O/c1-11-3-4-12(2)15(9-11)19-16(24)10-23-21-17(20-22-23)13-5-7-14(18)8-6-13/h3-9H,10,18H2,1-2H3,(H,19,24). The molecule has 1 heterocycles. The lowest BCUT2D eigenvalue weighted by atomic mass is 10.1. The average Bonchev–Trinajstić information content (AvgIpc) is 3.00. The van der Waals surface area contributed by atoms with Gasteiger partial charge in [-0.15, -0.1) is 10.2 Å². The van der Waals surface area contributed by atoms with Gasteiger partial charge in [-0.2, -0.15) is 4.80 Å². The molecule has 3 aromatic rings. The smallest absolute Gasteiger partial charge is 0.248 e. The van der Waals surface area contributed by atoms with E-state index in [1.165, 1.54) is 4.80 Å². The molecule has 0 aliphatic heterocycles. The number of anilines is 2. The lowest BCUT2D eigenvalue weighted by Gasteiger charge is -2.08. The van der Waals surface area contributed by atoms with Gasteiger partial charge in [0.05, 0.1) is 0 Å². The molecule has 24 heavy (non-hydrogen) atoms. The summed E-state index contributed by atoms with van der Waals surface area (Å²) in [6.45, 7) is 3.92. The molecule has 1 aromatic heterocycles. The Bertz CT molecular complexity index is 869. The minimum absolute atomic E-state index is 0.00461. The molecule has 0 spiro atoms. The Kier molecular flexibility index (Phi) is 4.24. The molecule has 1 amide bonds. The first-order chi connectivity index (χ1) is 11.5. The molecule has 3 rings (SSSR count). The van der Waals surface area contributed by atoms with Crippen LogP contribution in [-0.2, 0) is 11.3 Å². The maximum atomic E-state index is 12.2. The van der Waals surface area contributed by atoms with E-state index in [1.54, 1.807) is 12.1 Å². The van der Waals surface area contributed by atoms with Gasteiger partial charge in [0.1, 0.15) is 6.54 Å². The highest BCUT2D eigenvalue weighted by Gasteiger charge is 2.10. The van der Waals surface area contributed by atoms with Crippen LogP contribution in [0, 0.1) is 13.8 Å². The van der Waals surface area contributed by atoms with Gasteiger partial charge >= 0.3 is 0 Å². The third kappa shape index (κ3) is 3.57.